The second-order valence-corrected chi connectivity index (χ2v) is 5.85. The second kappa shape index (κ2) is 7.42. The molecule has 136 valence electrons. The molecule has 2 amide bonds. The van der Waals surface area contributed by atoms with Gasteiger partial charge in [-0.25, -0.2) is 8.78 Å². The standard InChI is InChI=1S/C17H17F2N5O2/c1-11(25)23-6-8-24(9-7-23)16-5-4-15(21-22-16)20-17(26)12-2-3-13(18)14(19)10-12/h2-5,10H,6-9H2,1H3,(H,20,21,26). The highest BCUT2D eigenvalue weighted by molar-refractivity contribution is 6.03. The number of benzene rings is 1. The van der Waals surface area contributed by atoms with Crippen LogP contribution in [0.25, 0.3) is 0 Å². The lowest BCUT2D eigenvalue weighted by Gasteiger charge is -2.34. The van der Waals surface area contributed by atoms with E-state index in [4.69, 9.17) is 0 Å². The largest absolute Gasteiger partial charge is 0.352 e. The third-order valence-electron chi connectivity index (χ3n) is 4.12. The Bertz CT molecular complexity index is 820. The molecule has 0 unspecified atom stereocenters. The first-order valence-corrected chi connectivity index (χ1v) is 8.04. The minimum atomic E-state index is -1.09. The lowest BCUT2D eigenvalue weighted by molar-refractivity contribution is -0.129. The van der Waals surface area contributed by atoms with Gasteiger partial charge in [-0.2, -0.15) is 0 Å². The Morgan fingerprint density at radius 2 is 1.73 bits per heavy atom. The molecule has 0 bridgehead atoms. The fraction of sp³-hybridized carbons (Fsp3) is 0.294. The van der Waals surface area contributed by atoms with Crippen LogP contribution in [0.5, 0.6) is 0 Å². The fourth-order valence-electron chi connectivity index (χ4n) is 2.64. The van der Waals surface area contributed by atoms with Crippen molar-refractivity contribution in [3.05, 3.63) is 47.5 Å². The molecule has 1 aromatic heterocycles. The van der Waals surface area contributed by atoms with Crippen molar-refractivity contribution >= 4 is 23.5 Å². The van der Waals surface area contributed by atoms with Crippen LogP contribution in [0.3, 0.4) is 0 Å². The zero-order valence-corrected chi connectivity index (χ0v) is 14.1. The number of hydrogen-bond donors (Lipinski definition) is 1. The van der Waals surface area contributed by atoms with Crippen molar-refractivity contribution in [1.29, 1.82) is 0 Å². The molecule has 3 rings (SSSR count). The Morgan fingerprint density at radius 1 is 1.00 bits per heavy atom. The molecule has 2 aromatic rings. The Balaban J connectivity index is 1.62. The summed E-state index contributed by atoms with van der Waals surface area (Å²) in [5.41, 5.74) is -0.0184. The quantitative estimate of drug-likeness (QED) is 0.900. The molecule has 2 heterocycles. The molecule has 9 heteroatoms. The minimum absolute atomic E-state index is 0.0184. The smallest absolute Gasteiger partial charge is 0.256 e. The van der Waals surface area contributed by atoms with Crippen LogP contribution in [0.1, 0.15) is 17.3 Å². The molecule has 0 atom stereocenters. The van der Waals surface area contributed by atoms with Gasteiger partial charge in [0.1, 0.15) is 0 Å². The second-order valence-electron chi connectivity index (χ2n) is 5.85. The van der Waals surface area contributed by atoms with Gasteiger partial charge in [0.25, 0.3) is 5.91 Å². The van der Waals surface area contributed by atoms with Crippen molar-refractivity contribution in [3.63, 3.8) is 0 Å². The number of amides is 2. The van der Waals surface area contributed by atoms with Gasteiger partial charge in [0, 0.05) is 38.7 Å². The zero-order chi connectivity index (χ0) is 18.7. The predicted octanol–water partition coefficient (Wildman–Crippen LogP) is 1.68. The molecule has 26 heavy (non-hydrogen) atoms. The van der Waals surface area contributed by atoms with E-state index in [0.717, 1.165) is 12.1 Å². The number of hydrogen-bond acceptors (Lipinski definition) is 5. The molecular weight excluding hydrogens is 344 g/mol. The minimum Gasteiger partial charge on any atom is -0.352 e. The van der Waals surface area contributed by atoms with Crippen molar-refractivity contribution in [2.45, 2.75) is 6.92 Å². The average Bonchev–Trinajstić information content (AvgIpc) is 2.64. The maximum Gasteiger partial charge on any atom is 0.256 e. The molecule has 0 spiro atoms. The molecule has 1 aliphatic heterocycles. The number of nitrogens with one attached hydrogen (secondary N) is 1. The molecule has 1 N–H and O–H groups in total. The summed E-state index contributed by atoms with van der Waals surface area (Å²) in [5, 5.41) is 10.5. The Labute approximate surface area is 148 Å². The van der Waals surface area contributed by atoms with E-state index >= 15 is 0 Å². The number of piperazine rings is 1. The first-order valence-electron chi connectivity index (χ1n) is 8.04. The Morgan fingerprint density at radius 3 is 2.31 bits per heavy atom. The van der Waals surface area contributed by atoms with Gasteiger partial charge in [0.2, 0.25) is 5.91 Å². The maximum absolute atomic E-state index is 13.2. The lowest BCUT2D eigenvalue weighted by atomic mass is 10.2. The number of nitrogens with zero attached hydrogens (tertiary/aromatic N) is 4. The molecule has 1 fully saturated rings. The summed E-state index contributed by atoms with van der Waals surface area (Å²) in [4.78, 5) is 27.1. The van der Waals surface area contributed by atoms with Gasteiger partial charge in [-0.3, -0.25) is 9.59 Å². The van der Waals surface area contributed by atoms with Gasteiger partial charge in [-0.05, 0) is 30.3 Å². The number of aromatic nitrogens is 2. The molecule has 0 aliphatic carbocycles. The Kier molecular flexibility index (Phi) is 5.06. The molecule has 1 aromatic carbocycles. The van der Waals surface area contributed by atoms with Crippen LogP contribution in [-0.2, 0) is 4.79 Å². The molecule has 0 saturated carbocycles. The van der Waals surface area contributed by atoms with E-state index in [0.29, 0.717) is 32.0 Å². The van der Waals surface area contributed by atoms with E-state index in [-0.39, 0.29) is 17.3 Å². The van der Waals surface area contributed by atoms with Crippen molar-refractivity contribution < 1.29 is 18.4 Å². The molecule has 1 saturated heterocycles. The normalized spacial score (nSPS) is 14.3. The van der Waals surface area contributed by atoms with Crippen LogP contribution in [0.15, 0.2) is 30.3 Å². The number of halogens is 2. The summed E-state index contributed by atoms with van der Waals surface area (Å²) >= 11 is 0. The van der Waals surface area contributed by atoms with E-state index in [1.165, 1.54) is 6.07 Å². The van der Waals surface area contributed by atoms with E-state index < -0.39 is 17.5 Å². The number of carbonyl (C=O) groups excluding carboxylic acids is 2. The summed E-state index contributed by atoms with van der Waals surface area (Å²) in [7, 11) is 0. The van der Waals surface area contributed by atoms with Crippen molar-refractivity contribution in [1.82, 2.24) is 15.1 Å². The van der Waals surface area contributed by atoms with E-state index in [1.807, 2.05) is 4.90 Å². The zero-order valence-electron chi connectivity index (χ0n) is 14.1. The fourth-order valence-corrected chi connectivity index (χ4v) is 2.64. The van der Waals surface area contributed by atoms with Gasteiger partial charge in [-0.15, -0.1) is 10.2 Å². The monoisotopic (exact) mass is 361 g/mol. The highest BCUT2D eigenvalue weighted by Crippen LogP contribution is 2.15. The third kappa shape index (κ3) is 3.93. The number of rotatable bonds is 3. The SMILES string of the molecule is CC(=O)N1CCN(c2ccc(NC(=O)c3ccc(F)c(F)c3)nn2)CC1. The molecule has 0 radical (unpaired) electrons. The topological polar surface area (TPSA) is 78.4 Å². The van der Waals surface area contributed by atoms with Crippen LogP contribution in [-0.4, -0.2) is 53.1 Å². The maximum atomic E-state index is 13.2. The summed E-state index contributed by atoms with van der Waals surface area (Å²) in [6, 6.07) is 6.18. The number of carbonyl (C=O) groups is 2. The first-order chi connectivity index (χ1) is 12.4. The van der Waals surface area contributed by atoms with E-state index in [9.17, 15) is 18.4 Å². The van der Waals surface area contributed by atoms with Crippen LogP contribution in [0, 0.1) is 11.6 Å². The predicted molar refractivity (Wildman–Crippen MR) is 90.8 cm³/mol. The van der Waals surface area contributed by atoms with Crippen molar-refractivity contribution in [2.75, 3.05) is 36.4 Å². The summed E-state index contributed by atoms with van der Waals surface area (Å²) in [6.07, 6.45) is 0. The highest BCUT2D eigenvalue weighted by atomic mass is 19.2. The lowest BCUT2D eigenvalue weighted by Crippen LogP contribution is -2.48. The van der Waals surface area contributed by atoms with E-state index in [1.54, 1.807) is 24.0 Å². The van der Waals surface area contributed by atoms with Gasteiger partial charge in [-0.1, -0.05) is 0 Å². The molecular formula is C17H17F2N5O2. The summed E-state index contributed by atoms with van der Waals surface area (Å²) < 4.78 is 26.1. The highest BCUT2D eigenvalue weighted by Gasteiger charge is 2.20. The number of anilines is 2. The van der Waals surface area contributed by atoms with Crippen LogP contribution in [0.2, 0.25) is 0 Å². The van der Waals surface area contributed by atoms with Crippen molar-refractivity contribution in [2.24, 2.45) is 0 Å². The molecule has 1 aliphatic rings. The average molecular weight is 361 g/mol. The van der Waals surface area contributed by atoms with Crippen LogP contribution < -0.4 is 10.2 Å². The van der Waals surface area contributed by atoms with E-state index in [2.05, 4.69) is 15.5 Å². The van der Waals surface area contributed by atoms with Gasteiger partial charge in [0.05, 0.1) is 0 Å². The van der Waals surface area contributed by atoms with Gasteiger partial charge in [0.15, 0.2) is 23.3 Å². The van der Waals surface area contributed by atoms with Crippen LogP contribution >= 0.6 is 0 Å². The molecule has 7 nitrogen and oxygen atoms in total. The van der Waals surface area contributed by atoms with Gasteiger partial charge < -0.3 is 15.1 Å². The first kappa shape index (κ1) is 17.7. The van der Waals surface area contributed by atoms with Crippen molar-refractivity contribution in [3.8, 4) is 0 Å². The summed E-state index contributed by atoms with van der Waals surface area (Å²) in [6.45, 7) is 4.07. The summed E-state index contributed by atoms with van der Waals surface area (Å²) in [5.74, 6) is -1.84. The van der Waals surface area contributed by atoms with Gasteiger partial charge >= 0.3 is 0 Å². The van der Waals surface area contributed by atoms with Crippen LogP contribution in [0.4, 0.5) is 20.4 Å². The Hall–Kier alpha value is -3.10. The third-order valence-corrected chi connectivity index (χ3v) is 4.12.